The van der Waals surface area contributed by atoms with Crippen LogP contribution < -0.4 is 9.64 Å². The number of nitrogens with zero attached hydrogens (tertiary/aromatic N) is 3. The molecule has 5 nitrogen and oxygen atoms in total. The Morgan fingerprint density at radius 2 is 1.64 bits per heavy atom. The van der Waals surface area contributed by atoms with Gasteiger partial charge in [-0.1, -0.05) is 36.4 Å². The highest BCUT2D eigenvalue weighted by molar-refractivity contribution is 5.80. The molecule has 2 aromatic carbocycles. The Bertz CT molecular complexity index is 921. The van der Waals surface area contributed by atoms with Crippen molar-refractivity contribution >= 4 is 22.6 Å². The molecule has 1 amide bonds. The van der Waals surface area contributed by atoms with Crippen molar-refractivity contribution < 1.29 is 9.53 Å². The third kappa shape index (κ3) is 4.42. The summed E-state index contributed by atoms with van der Waals surface area (Å²) in [5.41, 5.74) is 1.01. The number of piperazine rings is 1. The van der Waals surface area contributed by atoms with Gasteiger partial charge in [-0.15, -0.1) is 0 Å². The van der Waals surface area contributed by atoms with Crippen molar-refractivity contribution in [2.75, 3.05) is 37.7 Å². The molecule has 0 aliphatic carbocycles. The summed E-state index contributed by atoms with van der Waals surface area (Å²) in [4.78, 5) is 21.4. The predicted octanol–water partition coefficient (Wildman–Crippen LogP) is 3.74. The summed E-state index contributed by atoms with van der Waals surface area (Å²) in [5, 5.41) is 1.15. The van der Waals surface area contributed by atoms with E-state index in [1.165, 1.54) is 0 Å². The van der Waals surface area contributed by atoms with Crippen molar-refractivity contribution in [2.24, 2.45) is 0 Å². The number of fused-ring (bicyclic) bond motifs is 1. The fraction of sp³-hybridized carbons (Fsp3) is 0.304. The Morgan fingerprint density at radius 1 is 0.893 bits per heavy atom. The van der Waals surface area contributed by atoms with Gasteiger partial charge in [-0.25, -0.2) is 4.98 Å². The third-order valence-electron chi connectivity index (χ3n) is 5.09. The number of aromatic nitrogens is 1. The van der Waals surface area contributed by atoms with E-state index in [1.807, 2.05) is 53.4 Å². The van der Waals surface area contributed by atoms with Crippen LogP contribution in [0.15, 0.2) is 66.7 Å². The first-order valence-electron chi connectivity index (χ1n) is 9.86. The molecule has 4 rings (SSSR count). The first-order valence-corrected chi connectivity index (χ1v) is 9.86. The van der Waals surface area contributed by atoms with Gasteiger partial charge in [0.2, 0.25) is 5.91 Å². The molecule has 3 aromatic rings. The molecule has 0 radical (unpaired) electrons. The number of hydrogen-bond donors (Lipinski definition) is 0. The van der Waals surface area contributed by atoms with Crippen LogP contribution in [0.1, 0.15) is 12.8 Å². The summed E-state index contributed by atoms with van der Waals surface area (Å²) in [6.07, 6.45) is 1.27. The second kappa shape index (κ2) is 8.74. The number of ether oxygens (including phenoxy) is 1. The molecule has 0 spiro atoms. The van der Waals surface area contributed by atoms with Gasteiger partial charge in [0.1, 0.15) is 11.6 Å². The van der Waals surface area contributed by atoms with Crippen molar-refractivity contribution in [1.82, 2.24) is 9.88 Å². The molecule has 28 heavy (non-hydrogen) atoms. The van der Waals surface area contributed by atoms with E-state index in [4.69, 9.17) is 9.72 Å². The van der Waals surface area contributed by atoms with E-state index >= 15 is 0 Å². The summed E-state index contributed by atoms with van der Waals surface area (Å²) >= 11 is 0. The molecule has 144 valence electrons. The molecular weight excluding hydrogens is 350 g/mol. The van der Waals surface area contributed by atoms with Crippen LogP contribution in [-0.4, -0.2) is 48.6 Å². The number of anilines is 1. The van der Waals surface area contributed by atoms with Gasteiger partial charge in [-0.05, 0) is 36.8 Å². The number of carbonyl (C=O) groups excluding carboxylic acids is 1. The number of rotatable bonds is 6. The second-order valence-electron chi connectivity index (χ2n) is 7.00. The minimum Gasteiger partial charge on any atom is -0.494 e. The zero-order valence-corrected chi connectivity index (χ0v) is 16.0. The lowest BCUT2D eigenvalue weighted by atomic mass is 10.2. The van der Waals surface area contributed by atoms with Crippen LogP contribution in [0.25, 0.3) is 10.9 Å². The van der Waals surface area contributed by atoms with E-state index in [1.54, 1.807) is 0 Å². The highest BCUT2D eigenvalue weighted by Gasteiger charge is 2.21. The summed E-state index contributed by atoms with van der Waals surface area (Å²) in [7, 11) is 0. The SMILES string of the molecule is O=C(CCCOc1ccccc1)N1CCN(c2ccc3ccccc3n2)CC1. The average molecular weight is 375 g/mol. The van der Waals surface area contributed by atoms with E-state index in [0.29, 0.717) is 13.0 Å². The average Bonchev–Trinajstić information content (AvgIpc) is 2.77. The van der Waals surface area contributed by atoms with E-state index in [0.717, 1.165) is 55.1 Å². The van der Waals surface area contributed by atoms with Gasteiger partial charge >= 0.3 is 0 Å². The maximum atomic E-state index is 12.5. The lowest BCUT2D eigenvalue weighted by Crippen LogP contribution is -2.49. The molecule has 1 saturated heterocycles. The van der Waals surface area contributed by atoms with Crippen molar-refractivity contribution in [1.29, 1.82) is 0 Å². The number of benzene rings is 2. The van der Waals surface area contributed by atoms with E-state index in [9.17, 15) is 4.79 Å². The smallest absolute Gasteiger partial charge is 0.222 e. The summed E-state index contributed by atoms with van der Waals surface area (Å²) < 4.78 is 5.67. The second-order valence-corrected chi connectivity index (χ2v) is 7.00. The number of amides is 1. The summed E-state index contributed by atoms with van der Waals surface area (Å²) in [6, 6.07) is 22.1. The van der Waals surface area contributed by atoms with Crippen LogP contribution in [0.4, 0.5) is 5.82 Å². The van der Waals surface area contributed by atoms with Gasteiger partial charge in [0.05, 0.1) is 12.1 Å². The van der Waals surface area contributed by atoms with Crippen LogP contribution in [0.2, 0.25) is 0 Å². The number of para-hydroxylation sites is 2. The van der Waals surface area contributed by atoms with Gasteiger partial charge in [0, 0.05) is 38.0 Å². The Kier molecular flexibility index (Phi) is 5.71. The van der Waals surface area contributed by atoms with Crippen molar-refractivity contribution in [3.63, 3.8) is 0 Å². The van der Waals surface area contributed by atoms with E-state index in [2.05, 4.69) is 23.1 Å². The topological polar surface area (TPSA) is 45.7 Å². The van der Waals surface area contributed by atoms with Gasteiger partial charge < -0.3 is 14.5 Å². The highest BCUT2D eigenvalue weighted by atomic mass is 16.5. The summed E-state index contributed by atoms with van der Waals surface area (Å²) in [6.45, 7) is 3.69. The van der Waals surface area contributed by atoms with Crippen LogP contribution >= 0.6 is 0 Å². The van der Waals surface area contributed by atoms with Crippen molar-refractivity contribution in [3.05, 3.63) is 66.7 Å². The lowest BCUT2D eigenvalue weighted by molar-refractivity contribution is -0.131. The molecule has 0 N–H and O–H groups in total. The molecule has 5 heteroatoms. The molecule has 1 aromatic heterocycles. The Labute approximate surface area is 165 Å². The van der Waals surface area contributed by atoms with Crippen molar-refractivity contribution in [2.45, 2.75) is 12.8 Å². The fourth-order valence-electron chi connectivity index (χ4n) is 3.50. The van der Waals surface area contributed by atoms with Crippen molar-refractivity contribution in [3.8, 4) is 5.75 Å². The Morgan fingerprint density at radius 3 is 2.46 bits per heavy atom. The quantitative estimate of drug-likeness (QED) is 0.616. The molecule has 0 saturated carbocycles. The fourth-order valence-corrected chi connectivity index (χ4v) is 3.50. The minimum atomic E-state index is 0.211. The van der Waals surface area contributed by atoms with Gasteiger partial charge in [-0.2, -0.15) is 0 Å². The number of carbonyl (C=O) groups is 1. The van der Waals surface area contributed by atoms with E-state index < -0.39 is 0 Å². The van der Waals surface area contributed by atoms with Crippen LogP contribution in [0.5, 0.6) is 5.75 Å². The summed E-state index contributed by atoms with van der Waals surface area (Å²) in [5.74, 6) is 2.05. The minimum absolute atomic E-state index is 0.211. The lowest BCUT2D eigenvalue weighted by Gasteiger charge is -2.35. The molecule has 0 atom stereocenters. The van der Waals surface area contributed by atoms with Crippen LogP contribution in [-0.2, 0) is 4.79 Å². The molecular formula is C23H25N3O2. The van der Waals surface area contributed by atoms with Gasteiger partial charge in [0.25, 0.3) is 0 Å². The van der Waals surface area contributed by atoms with Gasteiger partial charge in [0.15, 0.2) is 0 Å². The normalized spacial score (nSPS) is 14.3. The third-order valence-corrected chi connectivity index (χ3v) is 5.09. The Balaban J connectivity index is 1.23. The first kappa shape index (κ1) is 18.3. The number of pyridine rings is 1. The zero-order chi connectivity index (χ0) is 19.2. The molecule has 0 bridgehead atoms. The van der Waals surface area contributed by atoms with Gasteiger partial charge in [-0.3, -0.25) is 4.79 Å². The standard InChI is InChI=1S/C23H25N3O2/c27-23(11-6-18-28-20-8-2-1-3-9-20)26-16-14-25(15-17-26)22-13-12-19-7-4-5-10-21(19)24-22/h1-5,7-10,12-13H,6,11,14-18H2. The molecule has 1 fully saturated rings. The largest absolute Gasteiger partial charge is 0.494 e. The highest BCUT2D eigenvalue weighted by Crippen LogP contribution is 2.19. The van der Waals surface area contributed by atoms with Crippen LogP contribution in [0, 0.1) is 0 Å². The maximum absolute atomic E-state index is 12.5. The maximum Gasteiger partial charge on any atom is 0.222 e. The molecule has 1 aliphatic heterocycles. The number of hydrogen-bond acceptors (Lipinski definition) is 4. The Hall–Kier alpha value is -3.08. The monoisotopic (exact) mass is 375 g/mol. The zero-order valence-electron chi connectivity index (χ0n) is 16.0. The molecule has 0 unspecified atom stereocenters. The molecule has 1 aliphatic rings. The first-order chi connectivity index (χ1) is 13.8. The molecule has 2 heterocycles. The predicted molar refractivity (Wildman–Crippen MR) is 112 cm³/mol. The van der Waals surface area contributed by atoms with Crippen LogP contribution in [0.3, 0.4) is 0 Å². The van der Waals surface area contributed by atoms with E-state index in [-0.39, 0.29) is 5.91 Å².